The van der Waals surface area contributed by atoms with Crippen molar-refractivity contribution < 1.29 is 9.90 Å². The maximum atomic E-state index is 11.4. The van der Waals surface area contributed by atoms with Crippen molar-refractivity contribution in [3.05, 3.63) is 54.4 Å². The third-order valence-electron chi connectivity index (χ3n) is 3.99. The van der Waals surface area contributed by atoms with E-state index in [9.17, 15) is 9.90 Å². The number of aromatic carboxylic acids is 1. The maximum Gasteiger partial charge on any atom is 0.335 e. The highest BCUT2D eigenvalue weighted by molar-refractivity contribution is 6.07. The van der Waals surface area contributed by atoms with Crippen molar-refractivity contribution in [1.82, 2.24) is 14.8 Å². The minimum absolute atomic E-state index is 0.250. The fraction of sp³-hybridized carbons (Fsp3) is 0.0588. The highest BCUT2D eigenvalue weighted by atomic mass is 16.4. The van der Waals surface area contributed by atoms with E-state index >= 15 is 0 Å². The van der Waals surface area contributed by atoms with E-state index in [0.717, 1.165) is 32.9 Å². The quantitative estimate of drug-likeness (QED) is 0.594. The van der Waals surface area contributed by atoms with Gasteiger partial charge in [0.1, 0.15) is 0 Å². The van der Waals surface area contributed by atoms with Crippen molar-refractivity contribution in [3.63, 3.8) is 0 Å². The predicted molar refractivity (Wildman–Crippen MR) is 85.0 cm³/mol. The molecule has 0 aliphatic carbocycles. The number of nitrogens with one attached hydrogen (secondary N) is 1. The van der Waals surface area contributed by atoms with Crippen molar-refractivity contribution >= 4 is 27.8 Å². The predicted octanol–water partition coefficient (Wildman–Crippen LogP) is 3.42. The molecule has 4 rings (SSSR count). The topological polar surface area (TPSA) is 70.9 Å². The van der Waals surface area contributed by atoms with Gasteiger partial charge >= 0.3 is 5.97 Å². The largest absolute Gasteiger partial charge is 0.478 e. The Balaban J connectivity index is 2.11. The molecule has 4 aromatic rings. The van der Waals surface area contributed by atoms with Crippen LogP contribution in [0.4, 0.5) is 0 Å². The average Bonchev–Trinajstić information content (AvgIpc) is 3.11. The van der Waals surface area contributed by atoms with Crippen LogP contribution in [0.2, 0.25) is 0 Å². The van der Waals surface area contributed by atoms with Crippen molar-refractivity contribution in [2.24, 2.45) is 7.05 Å². The number of aromatic nitrogens is 3. The number of carboxylic acids is 1. The first kappa shape index (κ1) is 12.6. The molecule has 0 atom stereocenters. The molecule has 0 saturated heterocycles. The van der Waals surface area contributed by atoms with Gasteiger partial charge in [-0.3, -0.25) is 5.10 Å². The van der Waals surface area contributed by atoms with Crippen molar-refractivity contribution in [3.8, 4) is 11.1 Å². The second-order valence-corrected chi connectivity index (χ2v) is 5.33. The zero-order chi connectivity index (χ0) is 15.3. The summed E-state index contributed by atoms with van der Waals surface area (Å²) in [6.07, 6.45) is 3.76. The number of benzene rings is 2. The van der Waals surface area contributed by atoms with Crippen molar-refractivity contribution in [2.45, 2.75) is 0 Å². The first-order valence-electron chi connectivity index (χ1n) is 6.90. The molecule has 0 aliphatic rings. The van der Waals surface area contributed by atoms with E-state index in [0.29, 0.717) is 0 Å². The van der Waals surface area contributed by atoms with E-state index in [2.05, 4.69) is 10.2 Å². The summed E-state index contributed by atoms with van der Waals surface area (Å²) in [6, 6.07) is 11.4. The van der Waals surface area contributed by atoms with Gasteiger partial charge in [0, 0.05) is 35.1 Å². The number of hydrogen-bond donors (Lipinski definition) is 2. The third-order valence-corrected chi connectivity index (χ3v) is 3.99. The van der Waals surface area contributed by atoms with E-state index in [4.69, 9.17) is 0 Å². The van der Waals surface area contributed by atoms with E-state index in [1.807, 2.05) is 42.1 Å². The van der Waals surface area contributed by atoms with Crippen LogP contribution in [0, 0.1) is 0 Å². The molecule has 108 valence electrons. The van der Waals surface area contributed by atoms with Crippen LogP contribution in [0.15, 0.2) is 48.8 Å². The van der Waals surface area contributed by atoms with Gasteiger partial charge in [0.25, 0.3) is 0 Å². The second-order valence-electron chi connectivity index (χ2n) is 5.33. The van der Waals surface area contributed by atoms with Crippen molar-refractivity contribution in [1.29, 1.82) is 0 Å². The van der Waals surface area contributed by atoms with E-state index in [1.54, 1.807) is 18.3 Å². The van der Waals surface area contributed by atoms with Crippen molar-refractivity contribution in [2.75, 3.05) is 0 Å². The Morgan fingerprint density at radius 2 is 2.00 bits per heavy atom. The summed E-state index contributed by atoms with van der Waals surface area (Å²) < 4.78 is 2.05. The van der Waals surface area contributed by atoms with Crippen LogP contribution in [-0.2, 0) is 7.05 Å². The molecule has 0 spiro atoms. The highest BCUT2D eigenvalue weighted by Gasteiger charge is 2.15. The highest BCUT2D eigenvalue weighted by Crippen LogP contribution is 2.35. The van der Waals surface area contributed by atoms with Crippen LogP contribution in [0.25, 0.3) is 32.9 Å². The molecule has 0 amide bonds. The lowest BCUT2D eigenvalue weighted by Crippen LogP contribution is -1.96. The molecule has 2 aromatic carbocycles. The summed E-state index contributed by atoms with van der Waals surface area (Å²) in [5.41, 5.74) is 3.96. The minimum Gasteiger partial charge on any atom is -0.478 e. The Labute approximate surface area is 125 Å². The number of carboxylic acid groups (broad SMARTS) is 1. The van der Waals surface area contributed by atoms with Gasteiger partial charge in [0.15, 0.2) is 0 Å². The van der Waals surface area contributed by atoms with Gasteiger partial charge in [-0.25, -0.2) is 4.79 Å². The Kier molecular flexibility index (Phi) is 2.56. The number of rotatable bonds is 2. The number of aromatic amines is 1. The number of H-pyrrole nitrogens is 1. The lowest BCUT2D eigenvalue weighted by molar-refractivity contribution is 0.0697. The summed E-state index contributed by atoms with van der Waals surface area (Å²) in [5, 5.41) is 18.3. The Bertz CT molecular complexity index is 1030. The lowest BCUT2D eigenvalue weighted by Gasteiger charge is -2.04. The first-order chi connectivity index (χ1) is 10.6. The zero-order valence-corrected chi connectivity index (χ0v) is 11.9. The van der Waals surface area contributed by atoms with Gasteiger partial charge in [0.05, 0.1) is 17.3 Å². The lowest BCUT2D eigenvalue weighted by atomic mass is 9.99. The summed E-state index contributed by atoms with van der Waals surface area (Å²) in [6.45, 7) is 0. The van der Waals surface area contributed by atoms with E-state index < -0.39 is 5.97 Å². The Morgan fingerprint density at radius 3 is 2.82 bits per heavy atom. The molecule has 0 bridgehead atoms. The molecule has 0 radical (unpaired) electrons. The number of nitrogens with zero attached hydrogens (tertiary/aromatic N) is 2. The summed E-state index contributed by atoms with van der Waals surface area (Å²) in [7, 11) is 1.99. The number of hydrogen-bond acceptors (Lipinski definition) is 2. The average molecular weight is 291 g/mol. The molecular weight excluding hydrogens is 278 g/mol. The van der Waals surface area contributed by atoms with Crippen LogP contribution in [0.3, 0.4) is 0 Å². The third kappa shape index (κ3) is 1.72. The SMILES string of the molecule is Cn1cc(-c2cc(C(=O)O)cc3[nH]ncc23)c2ccccc21. The molecule has 2 N–H and O–H groups in total. The summed E-state index contributed by atoms with van der Waals surface area (Å²) in [5.74, 6) is -0.946. The van der Waals surface area contributed by atoms with Gasteiger partial charge in [-0.2, -0.15) is 5.10 Å². The van der Waals surface area contributed by atoms with Gasteiger partial charge in [-0.15, -0.1) is 0 Å². The molecular formula is C17H13N3O2. The summed E-state index contributed by atoms with van der Waals surface area (Å²) in [4.78, 5) is 11.4. The molecule has 2 aromatic heterocycles. The molecule has 0 saturated carbocycles. The maximum absolute atomic E-state index is 11.4. The second kappa shape index (κ2) is 4.46. The molecule has 2 heterocycles. The number of carbonyl (C=O) groups is 1. The van der Waals surface area contributed by atoms with Crippen LogP contribution < -0.4 is 0 Å². The fourth-order valence-corrected chi connectivity index (χ4v) is 2.95. The van der Waals surface area contributed by atoms with Gasteiger partial charge < -0.3 is 9.67 Å². The standard InChI is InChI=1S/C17H13N3O2/c1-20-9-14(11-4-2-3-5-16(11)20)12-6-10(17(21)22)7-15-13(12)8-18-19-15/h2-9H,1H3,(H,18,19)(H,21,22). The fourth-order valence-electron chi connectivity index (χ4n) is 2.95. The van der Waals surface area contributed by atoms with E-state index in [1.165, 1.54) is 0 Å². The van der Waals surface area contributed by atoms with Gasteiger partial charge in [0.2, 0.25) is 0 Å². The monoisotopic (exact) mass is 291 g/mol. The van der Waals surface area contributed by atoms with Crippen LogP contribution >= 0.6 is 0 Å². The van der Waals surface area contributed by atoms with Crippen LogP contribution in [-0.4, -0.2) is 25.8 Å². The smallest absolute Gasteiger partial charge is 0.335 e. The van der Waals surface area contributed by atoms with Gasteiger partial charge in [-0.1, -0.05) is 18.2 Å². The Morgan fingerprint density at radius 1 is 1.18 bits per heavy atom. The van der Waals surface area contributed by atoms with E-state index in [-0.39, 0.29) is 5.56 Å². The molecule has 0 unspecified atom stereocenters. The van der Waals surface area contributed by atoms with Crippen LogP contribution in [0.1, 0.15) is 10.4 Å². The molecule has 5 heteroatoms. The van der Waals surface area contributed by atoms with Gasteiger partial charge in [-0.05, 0) is 23.8 Å². The normalized spacial score (nSPS) is 11.3. The zero-order valence-electron chi connectivity index (χ0n) is 11.9. The molecule has 0 fully saturated rings. The number of para-hydroxylation sites is 1. The summed E-state index contributed by atoms with van der Waals surface area (Å²) >= 11 is 0. The molecule has 0 aliphatic heterocycles. The first-order valence-corrected chi connectivity index (χ1v) is 6.90. The molecule has 22 heavy (non-hydrogen) atoms. The number of fused-ring (bicyclic) bond motifs is 2. The Hall–Kier alpha value is -3.08. The molecule has 5 nitrogen and oxygen atoms in total. The van der Waals surface area contributed by atoms with Crippen LogP contribution in [0.5, 0.6) is 0 Å². The number of aryl methyl sites for hydroxylation is 1. The minimum atomic E-state index is -0.946.